The number of nitrogen functional groups attached to an aromatic ring is 1. The average molecular weight is 216 g/mol. The first-order chi connectivity index (χ1) is 7.72. The number of likely N-dealkylation sites (tertiary alicyclic amines) is 1. The van der Waals surface area contributed by atoms with E-state index in [1.165, 1.54) is 18.7 Å². The molecule has 2 N–H and O–H groups in total. The van der Waals surface area contributed by atoms with E-state index in [0.29, 0.717) is 5.92 Å². The van der Waals surface area contributed by atoms with Crippen molar-refractivity contribution >= 4 is 11.3 Å². The van der Waals surface area contributed by atoms with Crippen molar-refractivity contribution in [3.63, 3.8) is 0 Å². The van der Waals surface area contributed by atoms with Crippen LogP contribution in [-0.2, 0) is 0 Å². The quantitative estimate of drug-likeness (QED) is 0.782. The predicted octanol–water partition coefficient (Wildman–Crippen LogP) is 1.34. The van der Waals surface area contributed by atoms with Crippen LogP contribution in [0.4, 0.5) is 5.69 Å². The van der Waals surface area contributed by atoms with E-state index in [2.05, 4.69) is 23.1 Å². The van der Waals surface area contributed by atoms with Gasteiger partial charge in [-0.05, 0) is 32.1 Å². The number of likely N-dealkylation sites (N-methyl/N-ethyl adjacent to an activating group) is 1. The molecule has 0 radical (unpaired) electrons. The van der Waals surface area contributed by atoms with Crippen molar-refractivity contribution in [1.29, 1.82) is 0 Å². The third kappa shape index (κ3) is 1.55. The van der Waals surface area contributed by atoms with Gasteiger partial charge in [-0.3, -0.25) is 0 Å². The number of hydrogen-bond acceptors (Lipinski definition) is 3. The normalized spacial score (nSPS) is 21.9. The minimum atomic E-state index is 0.575. The summed E-state index contributed by atoms with van der Waals surface area (Å²) in [5, 5.41) is 0. The van der Waals surface area contributed by atoms with Gasteiger partial charge in [0.05, 0.1) is 5.69 Å². The summed E-state index contributed by atoms with van der Waals surface area (Å²) in [6.45, 7) is 2.28. The summed E-state index contributed by atoms with van der Waals surface area (Å²) in [7, 11) is 2.16. The standard InChI is InChI=1S/C12H16N4/c1-15-5-4-9(6-15)11-8-16-7-10(13)2-3-12(16)14-11/h2-3,7-9H,4-6,13H2,1H3. The molecule has 0 bridgehead atoms. The number of fused-ring (bicyclic) bond motifs is 1. The summed E-state index contributed by atoms with van der Waals surface area (Å²) >= 11 is 0. The zero-order chi connectivity index (χ0) is 11.1. The lowest BCUT2D eigenvalue weighted by molar-refractivity contribution is 0.411. The maximum Gasteiger partial charge on any atom is 0.137 e. The largest absolute Gasteiger partial charge is 0.398 e. The monoisotopic (exact) mass is 216 g/mol. The number of rotatable bonds is 1. The average Bonchev–Trinajstić information content (AvgIpc) is 2.83. The first kappa shape index (κ1) is 9.66. The van der Waals surface area contributed by atoms with Crippen LogP contribution in [0.15, 0.2) is 24.5 Å². The van der Waals surface area contributed by atoms with E-state index in [1.54, 1.807) is 0 Å². The molecule has 1 atom stereocenters. The minimum absolute atomic E-state index is 0.575. The van der Waals surface area contributed by atoms with Crippen molar-refractivity contribution in [3.05, 3.63) is 30.2 Å². The molecule has 1 aliphatic heterocycles. The molecule has 0 aliphatic carbocycles. The van der Waals surface area contributed by atoms with E-state index in [1.807, 2.05) is 22.7 Å². The first-order valence-corrected chi connectivity index (χ1v) is 5.65. The molecule has 3 rings (SSSR count). The van der Waals surface area contributed by atoms with Gasteiger partial charge < -0.3 is 15.0 Å². The Morgan fingerprint density at radius 3 is 3.00 bits per heavy atom. The van der Waals surface area contributed by atoms with Gasteiger partial charge in [-0.25, -0.2) is 4.98 Å². The van der Waals surface area contributed by atoms with Gasteiger partial charge >= 0.3 is 0 Å². The number of nitrogens with zero attached hydrogens (tertiary/aromatic N) is 3. The van der Waals surface area contributed by atoms with E-state index in [-0.39, 0.29) is 0 Å². The lowest BCUT2D eigenvalue weighted by Gasteiger charge is -2.06. The van der Waals surface area contributed by atoms with Gasteiger partial charge in [0, 0.05) is 30.5 Å². The summed E-state index contributed by atoms with van der Waals surface area (Å²) in [6, 6.07) is 3.87. The fourth-order valence-electron chi connectivity index (χ4n) is 2.40. The topological polar surface area (TPSA) is 46.6 Å². The number of nitrogens with two attached hydrogens (primary N) is 1. The second kappa shape index (κ2) is 3.49. The van der Waals surface area contributed by atoms with Gasteiger partial charge in [0.2, 0.25) is 0 Å². The zero-order valence-corrected chi connectivity index (χ0v) is 9.43. The van der Waals surface area contributed by atoms with E-state index in [9.17, 15) is 0 Å². The highest BCUT2D eigenvalue weighted by Gasteiger charge is 2.23. The third-order valence-corrected chi connectivity index (χ3v) is 3.30. The summed E-state index contributed by atoms with van der Waals surface area (Å²) in [6.07, 6.45) is 5.23. The molecule has 4 nitrogen and oxygen atoms in total. The molecular formula is C12H16N4. The number of imidazole rings is 1. The van der Waals surface area contributed by atoms with Crippen LogP contribution in [0.25, 0.3) is 5.65 Å². The number of pyridine rings is 1. The molecule has 1 fully saturated rings. The van der Waals surface area contributed by atoms with E-state index in [0.717, 1.165) is 17.9 Å². The van der Waals surface area contributed by atoms with Crippen molar-refractivity contribution in [3.8, 4) is 0 Å². The number of anilines is 1. The fraction of sp³-hybridized carbons (Fsp3) is 0.417. The Morgan fingerprint density at radius 1 is 1.38 bits per heavy atom. The van der Waals surface area contributed by atoms with Gasteiger partial charge in [-0.15, -0.1) is 0 Å². The van der Waals surface area contributed by atoms with Gasteiger partial charge in [0.15, 0.2) is 0 Å². The lowest BCUT2D eigenvalue weighted by atomic mass is 10.1. The molecule has 0 aromatic carbocycles. The molecular weight excluding hydrogens is 200 g/mol. The van der Waals surface area contributed by atoms with Gasteiger partial charge in [0.25, 0.3) is 0 Å². The number of aromatic nitrogens is 2. The highest BCUT2D eigenvalue weighted by molar-refractivity contribution is 5.48. The molecule has 2 aromatic rings. The van der Waals surface area contributed by atoms with Crippen molar-refractivity contribution in [2.45, 2.75) is 12.3 Å². The number of hydrogen-bond donors (Lipinski definition) is 1. The van der Waals surface area contributed by atoms with Gasteiger partial charge in [-0.1, -0.05) is 0 Å². The third-order valence-electron chi connectivity index (χ3n) is 3.30. The molecule has 3 heterocycles. The van der Waals surface area contributed by atoms with Crippen LogP contribution in [0.5, 0.6) is 0 Å². The minimum Gasteiger partial charge on any atom is -0.398 e. The molecule has 1 aliphatic rings. The SMILES string of the molecule is CN1CCC(c2cn3cc(N)ccc3n2)C1. The van der Waals surface area contributed by atoms with Crippen LogP contribution in [0, 0.1) is 0 Å². The molecule has 16 heavy (non-hydrogen) atoms. The Balaban J connectivity index is 1.99. The van der Waals surface area contributed by atoms with Gasteiger partial charge in [-0.2, -0.15) is 0 Å². The van der Waals surface area contributed by atoms with Crippen LogP contribution in [-0.4, -0.2) is 34.4 Å². The summed E-state index contributed by atoms with van der Waals surface area (Å²) in [5.41, 5.74) is 8.70. The smallest absolute Gasteiger partial charge is 0.137 e. The van der Waals surface area contributed by atoms with E-state index in [4.69, 9.17) is 5.73 Å². The molecule has 0 amide bonds. The Morgan fingerprint density at radius 2 is 2.25 bits per heavy atom. The lowest BCUT2D eigenvalue weighted by Crippen LogP contribution is -2.13. The predicted molar refractivity (Wildman–Crippen MR) is 64.5 cm³/mol. The zero-order valence-electron chi connectivity index (χ0n) is 9.43. The second-order valence-corrected chi connectivity index (χ2v) is 4.64. The van der Waals surface area contributed by atoms with Gasteiger partial charge in [0.1, 0.15) is 5.65 Å². The molecule has 1 saturated heterocycles. The first-order valence-electron chi connectivity index (χ1n) is 5.65. The Labute approximate surface area is 94.7 Å². The molecule has 4 heteroatoms. The maximum atomic E-state index is 5.75. The van der Waals surface area contributed by atoms with Crippen molar-refractivity contribution in [2.75, 3.05) is 25.9 Å². The Kier molecular flexibility index (Phi) is 2.11. The summed E-state index contributed by atoms with van der Waals surface area (Å²) in [4.78, 5) is 7.00. The van der Waals surface area contributed by atoms with E-state index < -0.39 is 0 Å². The highest BCUT2D eigenvalue weighted by Crippen LogP contribution is 2.25. The van der Waals surface area contributed by atoms with Crippen LogP contribution < -0.4 is 5.73 Å². The Hall–Kier alpha value is -1.55. The summed E-state index contributed by atoms with van der Waals surface area (Å²) < 4.78 is 2.02. The molecule has 0 saturated carbocycles. The van der Waals surface area contributed by atoms with Crippen molar-refractivity contribution in [1.82, 2.24) is 14.3 Å². The molecule has 1 unspecified atom stereocenters. The van der Waals surface area contributed by atoms with Crippen molar-refractivity contribution < 1.29 is 0 Å². The van der Waals surface area contributed by atoms with Crippen LogP contribution in [0.2, 0.25) is 0 Å². The van der Waals surface area contributed by atoms with Crippen LogP contribution >= 0.6 is 0 Å². The summed E-state index contributed by atoms with van der Waals surface area (Å²) in [5.74, 6) is 0.575. The second-order valence-electron chi connectivity index (χ2n) is 4.64. The molecule has 84 valence electrons. The van der Waals surface area contributed by atoms with Crippen molar-refractivity contribution in [2.24, 2.45) is 0 Å². The maximum absolute atomic E-state index is 5.75. The Bertz CT molecular complexity index is 517. The van der Waals surface area contributed by atoms with Crippen LogP contribution in [0.1, 0.15) is 18.0 Å². The fourth-order valence-corrected chi connectivity index (χ4v) is 2.40. The molecule has 2 aromatic heterocycles. The molecule has 0 spiro atoms. The van der Waals surface area contributed by atoms with E-state index >= 15 is 0 Å². The van der Waals surface area contributed by atoms with Crippen LogP contribution in [0.3, 0.4) is 0 Å². The highest BCUT2D eigenvalue weighted by atomic mass is 15.1.